The molecule has 3 N–H and O–H groups in total. The molecule has 6 fully saturated rings. The lowest BCUT2D eigenvalue weighted by Gasteiger charge is -2.61. The summed E-state index contributed by atoms with van der Waals surface area (Å²) in [5, 5.41) is 20.2. The summed E-state index contributed by atoms with van der Waals surface area (Å²) in [5.41, 5.74) is 5.71. The van der Waals surface area contributed by atoms with E-state index < -0.39 is 11.6 Å². The van der Waals surface area contributed by atoms with Gasteiger partial charge in [0, 0.05) is 6.04 Å². The number of hydrogen-bond donors (Lipinski definition) is 2. The zero-order valence-electron chi connectivity index (χ0n) is 13.4. The normalized spacial score (nSPS) is 53.8. The predicted molar refractivity (Wildman–Crippen MR) is 82.8 cm³/mol. The van der Waals surface area contributed by atoms with E-state index in [1.165, 1.54) is 6.42 Å². The molecule has 23 heavy (non-hydrogen) atoms. The second-order valence-corrected chi connectivity index (χ2v) is 9.21. The van der Waals surface area contributed by atoms with Gasteiger partial charge in [-0.05, 0) is 74.5 Å². The van der Waals surface area contributed by atoms with Crippen LogP contribution in [0.2, 0.25) is 0 Å². The molecule has 6 atom stereocenters. The minimum absolute atomic E-state index is 0.0212. The standard InChI is InChI=1S/C18H25N3O2/c19-8-13-2-12-3-14(12)21(13)16(22)15(20)17-4-10-1-11(5-17)7-18(23,6-10)9-17/h10-15,23H,1-7,9,20H2/t10?,11?,12?,13-,14?,15?,17?,18?/m0/s1. The van der Waals surface area contributed by atoms with Gasteiger partial charge in [-0.3, -0.25) is 4.79 Å². The monoisotopic (exact) mass is 315 g/mol. The van der Waals surface area contributed by atoms with Crippen LogP contribution in [-0.4, -0.2) is 39.6 Å². The first-order valence-corrected chi connectivity index (χ1v) is 9.13. The summed E-state index contributed by atoms with van der Waals surface area (Å²) < 4.78 is 0. The Hall–Kier alpha value is -1.12. The number of carbonyl (C=O) groups excluding carboxylic acids is 1. The minimum atomic E-state index is -0.594. The Morgan fingerprint density at radius 1 is 1.22 bits per heavy atom. The van der Waals surface area contributed by atoms with Crippen LogP contribution in [0.15, 0.2) is 0 Å². The molecule has 5 unspecified atom stereocenters. The second-order valence-electron chi connectivity index (χ2n) is 9.21. The van der Waals surface area contributed by atoms with Gasteiger partial charge in [-0.1, -0.05) is 0 Å². The molecule has 5 heteroatoms. The highest BCUT2D eigenvalue weighted by atomic mass is 16.3. The van der Waals surface area contributed by atoms with Gasteiger partial charge >= 0.3 is 0 Å². The van der Waals surface area contributed by atoms with Crippen LogP contribution in [-0.2, 0) is 4.79 Å². The zero-order chi connectivity index (χ0) is 16.0. The molecule has 0 spiro atoms. The summed E-state index contributed by atoms with van der Waals surface area (Å²) in [6.45, 7) is 0. The summed E-state index contributed by atoms with van der Waals surface area (Å²) in [7, 11) is 0. The maximum atomic E-state index is 13.1. The lowest BCUT2D eigenvalue weighted by atomic mass is 9.46. The molecule has 6 rings (SSSR count). The van der Waals surface area contributed by atoms with E-state index >= 15 is 0 Å². The first kappa shape index (κ1) is 14.2. The van der Waals surface area contributed by atoms with Crippen LogP contribution in [0.4, 0.5) is 0 Å². The van der Waals surface area contributed by atoms with Crippen LogP contribution in [0, 0.1) is 34.5 Å². The largest absolute Gasteiger partial charge is 0.390 e. The summed E-state index contributed by atoms with van der Waals surface area (Å²) in [5.74, 6) is 1.56. The fourth-order valence-corrected chi connectivity index (χ4v) is 6.96. The SMILES string of the molecule is N#C[C@@H]1CC2CC2N1C(=O)C(N)C12CC3CC(CC(O)(C3)C1)C2. The number of nitriles is 1. The van der Waals surface area contributed by atoms with E-state index in [0.717, 1.165) is 38.5 Å². The van der Waals surface area contributed by atoms with Gasteiger partial charge in [-0.25, -0.2) is 0 Å². The van der Waals surface area contributed by atoms with Crippen molar-refractivity contribution in [3.8, 4) is 6.07 Å². The minimum Gasteiger partial charge on any atom is -0.390 e. The van der Waals surface area contributed by atoms with Crippen molar-refractivity contribution >= 4 is 5.91 Å². The summed E-state index contributed by atoms with van der Waals surface area (Å²) >= 11 is 0. The van der Waals surface area contributed by atoms with Gasteiger partial charge in [0.05, 0.1) is 17.7 Å². The third-order valence-electron chi connectivity index (χ3n) is 7.51. The van der Waals surface area contributed by atoms with Crippen LogP contribution in [0.1, 0.15) is 51.4 Å². The number of aliphatic hydroxyl groups is 1. The van der Waals surface area contributed by atoms with Crippen LogP contribution in [0.5, 0.6) is 0 Å². The van der Waals surface area contributed by atoms with E-state index in [4.69, 9.17) is 5.73 Å². The Balaban J connectivity index is 1.43. The van der Waals surface area contributed by atoms with Crippen molar-refractivity contribution in [2.45, 2.75) is 75.1 Å². The summed E-state index contributed by atoms with van der Waals surface area (Å²) in [6, 6.07) is 1.72. The van der Waals surface area contributed by atoms with Crippen molar-refractivity contribution in [1.82, 2.24) is 4.90 Å². The molecule has 124 valence electrons. The van der Waals surface area contributed by atoms with E-state index in [1.54, 1.807) is 4.90 Å². The third kappa shape index (κ3) is 1.88. The Kier molecular flexibility index (Phi) is 2.65. The molecule has 6 aliphatic rings. The molecule has 0 aromatic rings. The van der Waals surface area contributed by atoms with Gasteiger partial charge in [0.2, 0.25) is 5.91 Å². The number of piperidine rings is 1. The van der Waals surface area contributed by atoms with Crippen molar-refractivity contribution in [2.75, 3.05) is 0 Å². The van der Waals surface area contributed by atoms with Gasteiger partial charge < -0.3 is 15.7 Å². The lowest BCUT2D eigenvalue weighted by molar-refractivity contribution is -0.177. The van der Waals surface area contributed by atoms with E-state index in [-0.39, 0.29) is 23.4 Å². The average Bonchev–Trinajstić information content (AvgIpc) is 3.14. The Labute approximate surface area is 136 Å². The van der Waals surface area contributed by atoms with Crippen molar-refractivity contribution in [1.29, 1.82) is 5.26 Å². The van der Waals surface area contributed by atoms with Crippen molar-refractivity contribution in [3.05, 3.63) is 0 Å². The zero-order valence-corrected chi connectivity index (χ0v) is 13.4. The smallest absolute Gasteiger partial charge is 0.241 e. The molecule has 1 heterocycles. The van der Waals surface area contributed by atoms with Crippen LogP contribution >= 0.6 is 0 Å². The quantitative estimate of drug-likeness (QED) is 0.800. The first-order valence-electron chi connectivity index (χ1n) is 9.13. The Morgan fingerprint density at radius 2 is 1.91 bits per heavy atom. The molecule has 5 nitrogen and oxygen atoms in total. The summed E-state index contributed by atoms with van der Waals surface area (Å²) in [6.07, 6.45) is 7.48. The summed E-state index contributed by atoms with van der Waals surface area (Å²) in [4.78, 5) is 14.9. The molecule has 1 aliphatic heterocycles. The number of nitrogens with zero attached hydrogens (tertiary/aromatic N) is 2. The third-order valence-corrected chi connectivity index (χ3v) is 7.51. The van der Waals surface area contributed by atoms with E-state index in [9.17, 15) is 15.2 Å². The molecule has 1 amide bonds. The van der Waals surface area contributed by atoms with Crippen LogP contribution in [0.25, 0.3) is 0 Å². The van der Waals surface area contributed by atoms with E-state index in [1.807, 2.05) is 0 Å². The topological polar surface area (TPSA) is 90.4 Å². The fraction of sp³-hybridized carbons (Fsp3) is 0.889. The van der Waals surface area contributed by atoms with Crippen LogP contribution < -0.4 is 5.73 Å². The number of likely N-dealkylation sites (tertiary alicyclic amines) is 1. The maximum Gasteiger partial charge on any atom is 0.241 e. The fourth-order valence-electron chi connectivity index (χ4n) is 6.96. The highest BCUT2D eigenvalue weighted by Crippen LogP contribution is 2.63. The number of carbonyl (C=O) groups is 1. The Morgan fingerprint density at radius 3 is 2.52 bits per heavy atom. The van der Waals surface area contributed by atoms with Gasteiger partial charge in [0.25, 0.3) is 0 Å². The molecule has 0 aromatic heterocycles. The molecule has 5 saturated carbocycles. The number of nitrogens with two attached hydrogens (primary N) is 1. The van der Waals surface area contributed by atoms with Gasteiger partial charge in [-0.15, -0.1) is 0 Å². The molecule has 1 saturated heterocycles. The molecule has 0 aromatic carbocycles. The lowest BCUT2D eigenvalue weighted by Crippen LogP contribution is -2.64. The van der Waals surface area contributed by atoms with E-state index in [0.29, 0.717) is 24.2 Å². The predicted octanol–water partition coefficient (Wildman–Crippen LogP) is 1.16. The number of amides is 1. The van der Waals surface area contributed by atoms with Crippen molar-refractivity contribution < 1.29 is 9.90 Å². The van der Waals surface area contributed by atoms with Gasteiger partial charge in [-0.2, -0.15) is 5.26 Å². The average molecular weight is 315 g/mol. The maximum absolute atomic E-state index is 13.1. The second kappa shape index (κ2) is 4.29. The Bertz CT molecular complexity index is 598. The van der Waals surface area contributed by atoms with Crippen molar-refractivity contribution in [2.24, 2.45) is 28.9 Å². The molecule has 0 radical (unpaired) electrons. The van der Waals surface area contributed by atoms with Gasteiger partial charge in [0.15, 0.2) is 0 Å². The molecular formula is C18H25N3O2. The van der Waals surface area contributed by atoms with Crippen LogP contribution in [0.3, 0.4) is 0 Å². The van der Waals surface area contributed by atoms with Gasteiger partial charge in [0.1, 0.15) is 6.04 Å². The number of rotatable bonds is 2. The molecule has 4 bridgehead atoms. The molecular weight excluding hydrogens is 290 g/mol. The first-order chi connectivity index (χ1) is 10.9. The highest BCUT2D eigenvalue weighted by Gasteiger charge is 2.62. The highest BCUT2D eigenvalue weighted by molar-refractivity contribution is 5.84. The molecule has 5 aliphatic carbocycles. The number of hydrogen-bond acceptors (Lipinski definition) is 4. The van der Waals surface area contributed by atoms with Crippen molar-refractivity contribution in [3.63, 3.8) is 0 Å². The van der Waals surface area contributed by atoms with E-state index in [2.05, 4.69) is 6.07 Å². The number of fused-ring (bicyclic) bond motifs is 1.